The maximum absolute atomic E-state index is 12.6. The van der Waals surface area contributed by atoms with E-state index in [1.54, 1.807) is 19.2 Å². The van der Waals surface area contributed by atoms with Crippen LogP contribution in [0.3, 0.4) is 0 Å². The number of rotatable bonds is 7. The first-order chi connectivity index (χ1) is 13.1. The lowest BCUT2D eigenvalue weighted by Crippen LogP contribution is -2.40. The molecule has 0 radical (unpaired) electrons. The molecule has 7 nitrogen and oxygen atoms in total. The van der Waals surface area contributed by atoms with Gasteiger partial charge in [-0.25, -0.2) is 9.69 Å². The fraction of sp³-hybridized carbons (Fsp3) is 0.250. The van der Waals surface area contributed by atoms with Crippen LogP contribution in [-0.2, 0) is 20.7 Å². The molecule has 0 aromatic heterocycles. The summed E-state index contributed by atoms with van der Waals surface area (Å²) in [6, 6.07) is 15.9. The van der Waals surface area contributed by atoms with Crippen LogP contribution < -0.4 is 10.1 Å². The molecule has 3 rings (SSSR count). The summed E-state index contributed by atoms with van der Waals surface area (Å²) in [7, 11) is 1.57. The van der Waals surface area contributed by atoms with Crippen LogP contribution in [0.15, 0.2) is 54.6 Å². The third kappa shape index (κ3) is 4.63. The number of carbonyl (C=O) groups excluding carboxylic acids is 3. The predicted octanol–water partition coefficient (Wildman–Crippen LogP) is 2.07. The van der Waals surface area contributed by atoms with E-state index in [9.17, 15) is 14.4 Å². The Hall–Kier alpha value is -3.35. The average Bonchev–Trinajstić information content (AvgIpc) is 3.00. The lowest BCUT2D eigenvalue weighted by molar-refractivity contribution is -0.127. The highest BCUT2D eigenvalue weighted by Gasteiger charge is 2.33. The number of hydrogen-bond donors (Lipinski definition) is 1. The Bertz CT molecular complexity index is 821. The van der Waals surface area contributed by atoms with E-state index in [0.29, 0.717) is 5.75 Å². The van der Waals surface area contributed by atoms with Crippen molar-refractivity contribution in [2.24, 2.45) is 0 Å². The third-order valence-electron chi connectivity index (χ3n) is 4.24. The van der Waals surface area contributed by atoms with E-state index in [4.69, 9.17) is 9.47 Å². The standard InChI is InChI=1S/C20H20N2O5/c1-26-16-9-5-6-14(10-16)11-18(23)21-17(15-7-3-2-4-8-15)12-22-19(24)13-27-20(22)25/h2-10,17H,11-13H2,1H3,(H,21,23). The normalized spacial score (nSPS) is 14.6. The quantitative estimate of drug-likeness (QED) is 0.809. The van der Waals surface area contributed by atoms with E-state index >= 15 is 0 Å². The van der Waals surface area contributed by atoms with Crippen molar-refractivity contribution in [3.63, 3.8) is 0 Å². The molecule has 0 bridgehead atoms. The summed E-state index contributed by atoms with van der Waals surface area (Å²) in [5, 5.41) is 2.91. The average molecular weight is 368 g/mol. The molecule has 27 heavy (non-hydrogen) atoms. The van der Waals surface area contributed by atoms with Crippen molar-refractivity contribution in [3.05, 3.63) is 65.7 Å². The van der Waals surface area contributed by atoms with Gasteiger partial charge in [-0.1, -0.05) is 42.5 Å². The van der Waals surface area contributed by atoms with Crippen molar-refractivity contribution < 1.29 is 23.9 Å². The first kappa shape index (κ1) is 18.4. The highest BCUT2D eigenvalue weighted by Crippen LogP contribution is 2.18. The van der Waals surface area contributed by atoms with Gasteiger partial charge in [-0.05, 0) is 23.3 Å². The SMILES string of the molecule is COc1cccc(CC(=O)NC(CN2C(=O)COC2=O)c2ccccc2)c1. The highest BCUT2D eigenvalue weighted by atomic mass is 16.6. The summed E-state index contributed by atoms with van der Waals surface area (Å²) in [5.74, 6) is 0.0328. The fourth-order valence-corrected chi connectivity index (χ4v) is 2.87. The zero-order valence-electron chi connectivity index (χ0n) is 14.9. The van der Waals surface area contributed by atoms with Gasteiger partial charge in [0.1, 0.15) is 5.75 Å². The van der Waals surface area contributed by atoms with Gasteiger partial charge in [0.05, 0.1) is 26.1 Å². The predicted molar refractivity (Wildman–Crippen MR) is 97.1 cm³/mol. The number of carbonyl (C=O) groups is 3. The van der Waals surface area contributed by atoms with Crippen molar-refractivity contribution in [2.75, 3.05) is 20.3 Å². The number of benzene rings is 2. The first-order valence-corrected chi connectivity index (χ1v) is 8.51. The molecule has 2 aromatic carbocycles. The second kappa shape index (κ2) is 8.35. The molecule has 1 unspecified atom stereocenters. The lowest BCUT2D eigenvalue weighted by atomic mass is 10.1. The van der Waals surface area contributed by atoms with Crippen LogP contribution in [0.25, 0.3) is 0 Å². The van der Waals surface area contributed by atoms with Gasteiger partial charge in [0, 0.05) is 0 Å². The van der Waals surface area contributed by atoms with Crippen LogP contribution in [-0.4, -0.2) is 43.1 Å². The molecule has 140 valence electrons. The van der Waals surface area contributed by atoms with E-state index in [1.807, 2.05) is 42.5 Å². The Labute approximate surface area is 156 Å². The molecular weight excluding hydrogens is 348 g/mol. The van der Waals surface area contributed by atoms with Gasteiger partial charge in [0.15, 0.2) is 6.61 Å². The van der Waals surface area contributed by atoms with E-state index < -0.39 is 18.0 Å². The van der Waals surface area contributed by atoms with E-state index in [-0.39, 0.29) is 25.5 Å². The third-order valence-corrected chi connectivity index (χ3v) is 4.24. The molecule has 3 amide bonds. The lowest BCUT2D eigenvalue weighted by Gasteiger charge is -2.23. The van der Waals surface area contributed by atoms with Crippen LogP contribution in [0.1, 0.15) is 17.2 Å². The summed E-state index contributed by atoms with van der Waals surface area (Å²) < 4.78 is 9.92. The molecular formula is C20H20N2O5. The second-order valence-electron chi connectivity index (χ2n) is 6.12. The van der Waals surface area contributed by atoms with E-state index in [1.165, 1.54) is 0 Å². The minimum absolute atomic E-state index is 0.0194. The molecule has 1 atom stereocenters. The van der Waals surface area contributed by atoms with E-state index in [0.717, 1.165) is 16.0 Å². The number of imide groups is 1. The molecule has 2 aromatic rings. The van der Waals surface area contributed by atoms with Crippen molar-refractivity contribution >= 4 is 17.9 Å². The maximum Gasteiger partial charge on any atom is 0.417 e. The molecule has 1 aliphatic heterocycles. The molecule has 1 fully saturated rings. The minimum atomic E-state index is -0.692. The maximum atomic E-state index is 12.6. The van der Waals surface area contributed by atoms with Crippen molar-refractivity contribution in [2.45, 2.75) is 12.5 Å². The van der Waals surface area contributed by atoms with Gasteiger partial charge < -0.3 is 14.8 Å². The number of methoxy groups -OCH3 is 1. The number of nitrogens with zero attached hydrogens (tertiary/aromatic N) is 1. The van der Waals surface area contributed by atoms with Gasteiger partial charge in [-0.2, -0.15) is 0 Å². The summed E-state index contributed by atoms with van der Waals surface area (Å²) in [4.78, 5) is 37.2. The zero-order valence-corrected chi connectivity index (χ0v) is 14.9. The van der Waals surface area contributed by atoms with E-state index in [2.05, 4.69) is 5.32 Å². The summed E-state index contributed by atoms with van der Waals surface area (Å²) in [5.41, 5.74) is 1.60. The zero-order chi connectivity index (χ0) is 19.2. The summed E-state index contributed by atoms with van der Waals surface area (Å²) >= 11 is 0. The largest absolute Gasteiger partial charge is 0.497 e. The topological polar surface area (TPSA) is 84.9 Å². The Morgan fingerprint density at radius 2 is 1.96 bits per heavy atom. The molecule has 0 saturated carbocycles. The number of cyclic esters (lactones) is 1. The van der Waals surface area contributed by atoms with Crippen LogP contribution in [0.4, 0.5) is 4.79 Å². The molecule has 1 N–H and O–H groups in total. The van der Waals surface area contributed by atoms with Gasteiger partial charge in [-0.15, -0.1) is 0 Å². The van der Waals surface area contributed by atoms with Gasteiger partial charge in [0.2, 0.25) is 5.91 Å². The molecule has 7 heteroatoms. The highest BCUT2D eigenvalue weighted by molar-refractivity contribution is 5.97. The Kier molecular flexibility index (Phi) is 5.71. The number of hydrogen-bond acceptors (Lipinski definition) is 5. The monoisotopic (exact) mass is 368 g/mol. The molecule has 1 aliphatic rings. The molecule has 0 aliphatic carbocycles. The minimum Gasteiger partial charge on any atom is -0.497 e. The van der Waals surface area contributed by atoms with Gasteiger partial charge >= 0.3 is 6.09 Å². The van der Waals surface area contributed by atoms with Crippen molar-refractivity contribution in [1.82, 2.24) is 10.2 Å². The number of ether oxygens (including phenoxy) is 2. The van der Waals surface area contributed by atoms with Crippen LogP contribution in [0, 0.1) is 0 Å². The van der Waals surface area contributed by atoms with Crippen LogP contribution in [0.5, 0.6) is 5.75 Å². The number of nitrogens with one attached hydrogen (secondary N) is 1. The van der Waals surface area contributed by atoms with Crippen LogP contribution >= 0.6 is 0 Å². The Morgan fingerprint density at radius 3 is 2.63 bits per heavy atom. The smallest absolute Gasteiger partial charge is 0.417 e. The fourth-order valence-electron chi connectivity index (χ4n) is 2.87. The van der Waals surface area contributed by atoms with Crippen molar-refractivity contribution in [3.8, 4) is 5.75 Å². The Morgan fingerprint density at radius 1 is 1.19 bits per heavy atom. The van der Waals surface area contributed by atoms with Crippen molar-refractivity contribution in [1.29, 1.82) is 0 Å². The van der Waals surface area contributed by atoms with Gasteiger partial charge in [-0.3, -0.25) is 9.59 Å². The molecule has 0 spiro atoms. The second-order valence-corrected chi connectivity index (χ2v) is 6.12. The van der Waals surface area contributed by atoms with Crippen LogP contribution in [0.2, 0.25) is 0 Å². The first-order valence-electron chi connectivity index (χ1n) is 8.51. The summed E-state index contributed by atoms with van der Waals surface area (Å²) in [6.45, 7) is -0.246. The Balaban J connectivity index is 1.73. The van der Waals surface area contributed by atoms with Gasteiger partial charge in [0.25, 0.3) is 5.91 Å². The summed E-state index contributed by atoms with van der Waals surface area (Å²) in [6.07, 6.45) is -0.540. The molecule has 1 heterocycles. The molecule has 1 saturated heterocycles. The number of amides is 3.